The fourth-order valence-electron chi connectivity index (χ4n) is 4.25. The maximum absolute atomic E-state index is 13.5. The monoisotopic (exact) mass is 437 g/mol. The average molecular weight is 438 g/mol. The van der Waals surface area contributed by atoms with E-state index in [1.54, 1.807) is 4.90 Å². The first-order valence-corrected chi connectivity index (χ1v) is 11.3. The molecule has 2 aliphatic heterocycles. The Labute approximate surface area is 169 Å². The second-order valence-electron chi connectivity index (χ2n) is 7.90. The van der Waals surface area contributed by atoms with Crippen LogP contribution in [-0.4, -0.2) is 75.1 Å². The molecule has 0 amide bonds. The molecule has 3 rings (SSSR count). The molecule has 0 bridgehead atoms. The lowest BCUT2D eigenvalue weighted by Gasteiger charge is -2.38. The smallest absolute Gasteiger partial charge is 0.368 e. The quantitative estimate of drug-likeness (QED) is 0.663. The van der Waals surface area contributed by atoms with Crippen molar-refractivity contribution in [3.63, 3.8) is 0 Å². The summed E-state index contributed by atoms with van der Waals surface area (Å²) in [6, 6.07) is 3.69. The van der Waals surface area contributed by atoms with E-state index in [1.807, 2.05) is 0 Å². The van der Waals surface area contributed by atoms with Crippen LogP contribution in [0.25, 0.3) is 0 Å². The van der Waals surface area contributed by atoms with Gasteiger partial charge in [0.2, 0.25) is 0 Å². The van der Waals surface area contributed by atoms with Crippen molar-refractivity contribution in [1.82, 2.24) is 9.80 Å². The summed E-state index contributed by atoms with van der Waals surface area (Å²) in [5.74, 6) is -1.01. The van der Waals surface area contributed by atoms with Crippen LogP contribution in [0.15, 0.2) is 23.1 Å². The van der Waals surface area contributed by atoms with Gasteiger partial charge in [0.1, 0.15) is 10.7 Å². The highest BCUT2D eigenvalue weighted by Gasteiger charge is 2.48. The van der Waals surface area contributed by atoms with Crippen molar-refractivity contribution in [2.45, 2.75) is 49.2 Å². The molecule has 0 radical (unpaired) electrons. The molecule has 0 N–H and O–H groups in total. The molecule has 29 heavy (non-hydrogen) atoms. The largest absolute Gasteiger partial charge is 0.501 e. The van der Waals surface area contributed by atoms with Crippen LogP contribution in [0.2, 0.25) is 0 Å². The Morgan fingerprint density at radius 1 is 1.00 bits per heavy atom. The Bertz CT molecular complexity index is 813. The van der Waals surface area contributed by atoms with E-state index in [1.165, 1.54) is 12.8 Å². The molecule has 1 aromatic rings. The number of nitrogens with zero attached hydrogens (tertiary/aromatic N) is 3. The first kappa shape index (κ1) is 22.3. The number of alkyl halides is 3. The zero-order valence-electron chi connectivity index (χ0n) is 16.6. The molecule has 0 aromatic heterocycles. The van der Waals surface area contributed by atoms with E-state index in [9.17, 15) is 26.0 Å². The number of likely N-dealkylation sites (tertiary alicyclic amines) is 1. The Kier molecular flexibility index (Phi) is 6.45. The van der Waals surface area contributed by atoms with E-state index in [2.05, 4.69) is 23.6 Å². The van der Waals surface area contributed by atoms with E-state index in [-0.39, 0.29) is 5.69 Å². The molecule has 2 unspecified atom stereocenters. The summed E-state index contributed by atoms with van der Waals surface area (Å²) >= 11 is 0. The van der Waals surface area contributed by atoms with Crippen LogP contribution < -0.4 is 4.90 Å². The highest BCUT2D eigenvalue weighted by molar-refractivity contribution is 7.92. The van der Waals surface area contributed by atoms with Crippen LogP contribution in [-0.2, 0) is 9.84 Å². The van der Waals surface area contributed by atoms with Crippen molar-refractivity contribution in [2.24, 2.45) is 0 Å². The van der Waals surface area contributed by atoms with Crippen LogP contribution in [0.1, 0.15) is 26.7 Å². The lowest BCUT2D eigenvalue weighted by Crippen LogP contribution is -2.49. The predicted octanol–water partition coefficient (Wildman–Crippen LogP) is 3.11. The van der Waals surface area contributed by atoms with Gasteiger partial charge in [0.15, 0.2) is 0 Å². The number of anilines is 1. The number of sulfone groups is 1. The van der Waals surface area contributed by atoms with Gasteiger partial charge in [-0.05, 0) is 44.9 Å². The standard InChI is InChI=1S/C19H27F4N3O2S/c1-14-3-4-15(2)26(14)12-9-24-7-10-25(11-8-24)17-6-5-16(20)13-18(17)29(27,28)19(21,22)23/h5-6,13-15H,3-4,7-12H2,1-2H3. The van der Waals surface area contributed by atoms with Crippen molar-refractivity contribution >= 4 is 15.5 Å². The summed E-state index contributed by atoms with van der Waals surface area (Å²) in [6.45, 7) is 8.23. The van der Waals surface area contributed by atoms with Crippen molar-refractivity contribution in [2.75, 3.05) is 44.2 Å². The van der Waals surface area contributed by atoms with E-state index in [0.717, 1.165) is 25.2 Å². The molecule has 2 aliphatic rings. The minimum atomic E-state index is -5.63. The molecule has 5 nitrogen and oxygen atoms in total. The van der Waals surface area contributed by atoms with Crippen LogP contribution in [0.3, 0.4) is 0 Å². The van der Waals surface area contributed by atoms with Gasteiger partial charge in [-0.1, -0.05) is 0 Å². The fourth-order valence-corrected chi connectivity index (χ4v) is 5.24. The number of piperazine rings is 1. The molecule has 164 valence electrons. The van der Waals surface area contributed by atoms with Crippen LogP contribution in [0.5, 0.6) is 0 Å². The summed E-state index contributed by atoms with van der Waals surface area (Å²) in [6.07, 6.45) is 2.38. The van der Waals surface area contributed by atoms with Gasteiger partial charge in [-0.25, -0.2) is 12.8 Å². The third-order valence-electron chi connectivity index (χ3n) is 6.04. The van der Waals surface area contributed by atoms with Gasteiger partial charge in [0, 0.05) is 51.4 Å². The van der Waals surface area contributed by atoms with Crippen molar-refractivity contribution in [3.05, 3.63) is 24.0 Å². The van der Waals surface area contributed by atoms with Gasteiger partial charge in [0.25, 0.3) is 9.84 Å². The number of halogens is 4. The minimum Gasteiger partial charge on any atom is -0.368 e. The lowest BCUT2D eigenvalue weighted by molar-refractivity contribution is -0.0435. The molecule has 2 fully saturated rings. The third-order valence-corrected chi connectivity index (χ3v) is 7.55. The van der Waals surface area contributed by atoms with E-state index in [0.29, 0.717) is 44.3 Å². The van der Waals surface area contributed by atoms with Gasteiger partial charge >= 0.3 is 5.51 Å². The topological polar surface area (TPSA) is 43.9 Å². The molecular weight excluding hydrogens is 410 g/mol. The van der Waals surface area contributed by atoms with Gasteiger partial charge < -0.3 is 4.90 Å². The predicted molar refractivity (Wildman–Crippen MR) is 103 cm³/mol. The first-order chi connectivity index (χ1) is 13.5. The van der Waals surface area contributed by atoms with Crippen molar-refractivity contribution in [1.29, 1.82) is 0 Å². The average Bonchev–Trinajstić information content (AvgIpc) is 2.97. The summed E-state index contributed by atoms with van der Waals surface area (Å²) in [5, 5.41) is 0. The number of rotatable bonds is 5. The van der Waals surface area contributed by atoms with Gasteiger partial charge in [-0.2, -0.15) is 13.2 Å². The Balaban J connectivity index is 1.67. The lowest BCUT2D eigenvalue weighted by atomic mass is 10.2. The zero-order chi connectivity index (χ0) is 21.4. The maximum Gasteiger partial charge on any atom is 0.501 e. The molecule has 0 saturated carbocycles. The number of benzene rings is 1. The van der Waals surface area contributed by atoms with E-state index in [4.69, 9.17) is 0 Å². The number of hydrogen-bond donors (Lipinski definition) is 0. The molecule has 10 heteroatoms. The van der Waals surface area contributed by atoms with Crippen LogP contribution in [0, 0.1) is 5.82 Å². The first-order valence-electron chi connectivity index (χ1n) is 9.84. The Morgan fingerprint density at radius 3 is 2.14 bits per heavy atom. The molecule has 1 aromatic carbocycles. The summed E-state index contributed by atoms with van der Waals surface area (Å²) in [5.41, 5.74) is -5.56. The minimum absolute atomic E-state index is 0.0924. The van der Waals surface area contributed by atoms with Gasteiger partial charge in [-0.3, -0.25) is 9.80 Å². The van der Waals surface area contributed by atoms with Gasteiger partial charge in [0.05, 0.1) is 5.69 Å². The van der Waals surface area contributed by atoms with Crippen LogP contribution >= 0.6 is 0 Å². The normalized spacial score (nSPS) is 25.0. The Morgan fingerprint density at radius 2 is 1.59 bits per heavy atom. The molecule has 2 saturated heterocycles. The zero-order valence-corrected chi connectivity index (χ0v) is 17.4. The third kappa shape index (κ3) is 4.69. The molecule has 0 spiro atoms. The van der Waals surface area contributed by atoms with Crippen molar-refractivity contribution in [3.8, 4) is 0 Å². The highest BCUT2D eigenvalue weighted by atomic mass is 32.2. The number of hydrogen-bond acceptors (Lipinski definition) is 5. The van der Waals surface area contributed by atoms with Crippen LogP contribution in [0.4, 0.5) is 23.2 Å². The highest BCUT2D eigenvalue weighted by Crippen LogP contribution is 2.36. The second-order valence-corrected chi connectivity index (χ2v) is 9.81. The van der Waals surface area contributed by atoms with Crippen molar-refractivity contribution < 1.29 is 26.0 Å². The molecule has 2 heterocycles. The van der Waals surface area contributed by atoms with E-state index >= 15 is 0 Å². The SMILES string of the molecule is CC1CCC(C)N1CCN1CCN(c2ccc(F)cc2S(=O)(=O)C(F)(F)F)CC1. The molecular formula is C19H27F4N3O2S. The van der Waals surface area contributed by atoms with E-state index < -0.39 is 26.1 Å². The maximum atomic E-state index is 13.5. The Hall–Kier alpha value is -1.39. The molecule has 0 aliphatic carbocycles. The fraction of sp³-hybridized carbons (Fsp3) is 0.684. The summed E-state index contributed by atoms with van der Waals surface area (Å²) in [4.78, 5) is 5.28. The summed E-state index contributed by atoms with van der Waals surface area (Å²) in [7, 11) is -5.63. The van der Waals surface area contributed by atoms with Gasteiger partial charge in [-0.15, -0.1) is 0 Å². The molecule has 2 atom stereocenters. The summed E-state index contributed by atoms with van der Waals surface area (Å²) < 4.78 is 76.5. The second kappa shape index (κ2) is 8.39.